The Bertz CT molecular complexity index is 648. The van der Waals surface area contributed by atoms with Crippen LogP contribution in [-0.4, -0.2) is 11.9 Å². The maximum Gasteiger partial charge on any atom is 0.263 e. The monoisotopic (exact) mass is 278 g/mol. The number of nitrogens with one attached hydrogen (secondary N) is 1. The lowest BCUT2D eigenvalue weighted by molar-refractivity contribution is 0.0941. The van der Waals surface area contributed by atoms with Crippen LogP contribution in [0.3, 0.4) is 0 Å². The molecule has 1 aliphatic carbocycles. The summed E-state index contributed by atoms with van der Waals surface area (Å²) in [6.07, 6.45) is 2.33. The molecule has 0 aliphatic heterocycles. The number of carbonyl (C=O) groups is 1. The second-order valence-corrected chi connectivity index (χ2v) is 6.11. The highest BCUT2D eigenvalue weighted by Gasteiger charge is 2.30. The van der Waals surface area contributed by atoms with Crippen LogP contribution < -0.4 is 11.1 Å². The number of nitrogen functional groups attached to an aromatic ring is 1. The second-order valence-electron chi connectivity index (χ2n) is 5.06. The second kappa shape index (κ2) is 4.49. The number of anilines is 1. The van der Waals surface area contributed by atoms with Gasteiger partial charge in [-0.1, -0.05) is 6.07 Å². The number of hydrogen-bond donors (Lipinski definition) is 2. The lowest BCUT2D eigenvalue weighted by atomic mass is 10.2. The molecule has 3 rings (SSSR count). The molecule has 19 heavy (non-hydrogen) atoms. The van der Waals surface area contributed by atoms with Gasteiger partial charge >= 0.3 is 0 Å². The van der Waals surface area contributed by atoms with Crippen LogP contribution in [0.15, 0.2) is 18.2 Å². The maximum absolute atomic E-state index is 13.7. The number of halogens is 1. The molecular formula is C14H15FN2OS. The summed E-state index contributed by atoms with van der Waals surface area (Å²) in [6, 6.07) is 4.92. The van der Waals surface area contributed by atoms with E-state index in [-0.39, 0.29) is 23.5 Å². The molecule has 0 spiro atoms. The van der Waals surface area contributed by atoms with Crippen LogP contribution in [0.25, 0.3) is 10.1 Å². The van der Waals surface area contributed by atoms with E-state index in [2.05, 4.69) is 5.32 Å². The predicted octanol–water partition coefficient (Wildman–Crippen LogP) is 3.15. The van der Waals surface area contributed by atoms with Gasteiger partial charge in [0.15, 0.2) is 0 Å². The molecule has 1 fully saturated rings. The zero-order valence-corrected chi connectivity index (χ0v) is 11.4. The summed E-state index contributed by atoms with van der Waals surface area (Å²) in [7, 11) is 0. The number of carbonyl (C=O) groups excluding carboxylic acids is 1. The van der Waals surface area contributed by atoms with Crippen molar-refractivity contribution in [1.29, 1.82) is 0 Å². The van der Waals surface area contributed by atoms with Gasteiger partial charge in [0.2, 0.25) is 0 Å². The normalized spacial score (nSPS) is 16.5. The zero-order chi connectivity index (χ0) is 13.6. The van der Waals surface area contributed by atoms with Crippen molar-refractivity contribution in [3.05, 3.63) is 28.9 Å². The first-order chi connectivity index (χ1) is 9.08. The van der Waals surface area contributed by atoms with Crippen LogP contribution in [0.2, 0.25) is 0 Å². The Kier molecular flexibility index (Phi) is 2.93. The van der Waals surface area contributed by atoms with Crippen molar-refractivity contribution in [2.24, 2.45) is 5.92 Å². The van der Waals surface area contributed by atoms with Crippen molar-refractivity contribution in [3.63, 3.8) is 0 Å². The molecule has 5 heteroatoms. The van der Waals surface area contributed by atoms with E-state index in [0.29, 0.717) is 20.9 Å². The van der Waals surface area contributed by atoms with Gasteiger partial charge in [0.1, 0.15) is 10.7 Å². The van der Waals surface area contributed by atoms with Crippen molar-refractivity contribution < 1.29 is 9.18 Å². The average molecular weight is 278 g/mol. The van der Waals surface area contributed by atoms with E-state index in [1.807, 2.05) is 6.92 Å². The van der Waals surface area contributed by atoms with Crippen LogP contribution in [0.5, 0.6) is 0 Å². The first-order valence-electron chi connectivity index (χ1n) is 6.35. The molecule has 1 aromatic carbocycles. The highest BCUT2D eigenvalue weighted by Crippen LogP contribution is 2.36. The minimum absolute atomic E-state index is 0.155. The minimum atomic E-state index is -0.374. The minimum Gasteiger partial charge on any atom is -0.397 e. The molecule has 1 heterocycles. The van der Waals surface area contributed by atoms with Crippen LogP contribution in [0, 0.1) is 11.7 Å². The van der Waals surface area contributed by atoms with Crippen molar-refractivity contribution in [2.75, 3.05) is 5.73 Å². The number of nitrogens with two attached hydrogens (primary N) is 1. The molecule has 0 bridgehead atoms. The quantitative estimate of drug-likeness (QED) is 0.906. The zero-order valence-electron chi connectivity index (χ0n) is 10.6. The number of thiophene rings is 1. The Hall–Kier alpha value is -1.62. The molecular weight excluding hydrogens is 263 g/mol. The molecule has 3 N–H and O–H groups in total. The lowest BCUT2D eigenvalue weighted by Crippen LogP contribution is -2.33. The van der Waals surface area contributed by atoms with Gasteiger partial charge in [0.25, 0.3) is 5.91 Å². The molecule has 2 aromatic rings. The van der Waals surface area contributed by atoms with E-state index >= 15 is 0 Å². The maximum atomic E-state index is 13.7. The Morgan fingerprint density at radius 2 is 2.26 bits per heavy atom. The number of fused-ring (bicyclic) bond motifs is 1. The van der Waals surface area contributed by atoms with E-state index in [1.54, 1.807) is 12.1 Å². The van der Waals surface area contributed by atoms with Crippen LogP contribution in [0.1, 0.15) is 29.4 Å². The van der Waals surface area contributed by atoms with Gasteiger partial charge in [0.05, 0.1) is 11.1 Å². The molecule has 1 amide bonds. The molecule has 1 atom stereocenters. The van der Waals surface area contributed by atoms with Gasteiger partial charge in [-0.3, -0.25) is 4.79 Å². The summed E-state index contributed by atoms with van der Waals surface area (Å²) in [4.78, 5) is 12.6. The summed E-state index contributed by atoms with van der Waals surface area (Å²) in [5.41, 5.74) is 6.17. The Balaban J connectivity index is 1.93. The molecule has 0 radical (unpaired) electrons. The standard InChI is InChI=1S/C14H15FN2OS/c1-7(8-5-6-8)17-14(18)13-12(16)11-9(15)3-2-4-10(11)19-13/h2-4,7-8H,5-6,16H2,1H3,(H,17,18). The van der Waals surface area contributed by atoms with Crippen molar-refractivity contribution in [3.8, 4) is 0 Å². The van der Waals surface area contributed by atoms with Gasteiger partial charge in [-0.05, 0) is 37.8 Å². The average Bonchev–Trinajstić information content (AvgIpc) is 3.15. The topological polar surface area (TPSA) is 55.1 Å². The number of benzene rings is 1. The molecule has 1 aromatic heterocycles. The highest BCUT2D eigenvalue weighted by molar-refractivity contribution is 7.21. The lowest BCUT2D eigenvalue weighted by Gasteiger charge is -2.11. The highest BCUT2D eigenvalue weighted by atomic mass is 32.1. The Labute approximate surface area is 114 Å². The Morgan fingerprint density at radius 1 is 1.53 bits per heavy atom. The van der Waals surface area contributed by atoms with Gasteiger partial charge in [-0.2, -0.15) is 0 Å². The predicted molar refractivity (Wildman–Crippen MR) is 75.8 cm³/mol. The fourth-order valence-corrected chi connectivity index (χ4v) is 3.32. The fourth-order valence-electron chi connectivity index (χ4n) is 2.28. The first kappa shape index (κ1) is 12.4. The van der Waals surface area contributed by atoms with E-state index < -0.39 is 0 Å². The van der Waals surface area contributed by atoms with Crippen molar-refractivity contribution in [1.82, 2.24) is 5.32 Å². The summed E-state index contributed by atoms with van der Waals surface area (Å²) in [5, 5.41) is 3.31. The van der Waals surface area contributed by atoms with Gasteiger partial charge < -0.3 is 11.1 Å². The smallest absolute Gasteiger partial charge is 0.263 e. The fraction of sp³-hybridized carbons (Fsp3) is 0.357. The van der Waals surface area contributed by atoms with Gasteiger partial charge in [0, 0.05) is 10.7 Å². The summed E-state index contributed by atoms with van der Waals surface area (Å²) >= 11 is 1.24. The van der Waals surface area contributed by atoms with Crippen LogP contribution in [0.4, 0.5) is 10.1 Å². The molecule has 1 aliphatic rings. The van der Waals surface area contributed by atoms with Gasteiger partial charge in [-0.15, -0.1) is 11.3 Å². The van der Waals surface area contributed by atoms with Crippen molar-refractivity contribution in [2.45, 2.75) is 25.8 Å². The van der Waals surface area contributed by atoms with E-state index in [9.17, 15) is 9.18 Å². The molecule has 0 saturated heterocycles. The Morgan fingerprint density at radius 3 is 2.89 bits per heavy atom. The third-order valence-electron chi connectivity index (χ3n) is 3.60. The summed E-state index contributed by atoms with van der Waals surface area (Å²) in [6.45, 7) is 2.00. The number of rotatable bonds is 3. The van der Waals surface area contributed by atoms with Gasteiger partial charge in [-0.25, -0.2) is 4.39 Å². The van der Waals surface area contributed by atoms with E-state index in [0.717, 1.165) is 12.8 Å². The number of amides is 1. The first-order valence-corrected chi connectivity index (χ1v) is 7.17. The molecule has 1 saturated carbocycles. The largest absolute Gasteiger partial charge is 0.397 e. The third-order valence-corrected chi connectivity index (χ3v) is 4.77. The molecule has 3 nitrogen and oxygen atoms in total. The SMILES string of the molecule is CC(NC(=O)c1sc2cccc(F)c2c1N)C1CC1. The third kappa shape index (κ3) is 2.18. The summed E-state index contributed by atoms with van der Waals surface area (Å²) < 4.78 is 14.4. The molecule has 1 unspecified atom stereocenters. The van der Waals surface area contributed by atoms with Crippen LogP contribution in [-0.2, 0) is 0 Å². The van der Waals surface area contributed by atoms with Crippen LogP contribution >= 0.6 is 11.3 Å². The number of hydrogen-bond acceptors (Lipinski definition) is 3. The van der Waals surface area contributed by atoms with E-state index in [4.69, 9.17) is 5.73 Å². The van der Waals surface area contributed by atoms with Crippen molar-refractivity contribution >= 4 is 33.0 Å². The molecule has 100 valence electrons. The summed E-state index contributed by atoms with van der Waals surface area (Å²) in [5.74, 6) is 0.00864. The van der Waals surface area contributed by atoms with E-state index in [1.165, 1.54) is 17.4 Å².